The number of aromatic nitrogens is 5. The van der Waals surface area contributed by atoms with Crippen LogP contribution in [0, 0.1) is 0 Å². The molecule has 5 nitrogen and oxygen atoms in total. The predicted octanol–water partition coefficient (Wildman–Crippen LogP) is 17.9. The van der Waals surface area contributed by atoms with Gasteiger partial charge in [0.1, 0.15) is 0 Å². The van der Waals surface area contributed by atoms with Gasteiger partial charge in [-0.05, 0) is 104 Å². The van der Waals surface area contributed by atoms with Crippen LogP contribution in [0.25, 0.3) is 144 Å². The zero-order valence-electron chi connectivity index (χ0n) is 40.1. The average Bonchev–Trinajstić information content (AvgIpc) is 4.03. The highest BCUT2D eigenvalue weighted by Crippen LogP contribution is 2.47. The van der Waals surface area contributed by atoms with Gasteiger partial charge in [0.2, 0.25) is 0 Å². The largest absolute Gasteiger partial charge is 0.309 e. The van der Waals surface area contributed by atoms with Crippen molar-refractivity contribution in [3.8, 4) is 67.8 Å². The second-order valence-electron chi connectivity index (χ2n) is 19.1. The van der Waals surface area contributed by atoms with E-state index in [4.69, 9.17) is 15.0 Å². The molecule has 0 radical (unpaired) electrons. The maximum Gasteiger partial charge on any atom is 0.164 e. The van der Waals surface area contributed by atoms with E-state index in [0.717, 1.165) is 83.2 Å². The van der Waals surface area contributed by atoms with Gasteiger partial charge in [0.25, 0.3) is 0 Å². The van der Waals surface area contributed by atoms with E-state index in [1.807, 2.05) is 18.2 Å². The van der Waals surface area contributed by atoms with Crippen molar-refractivity contribution < 1.29 is 0 Å². The lowest BCUT2D eigenvalue weighted by Crippen LogP contribution is -2.04. The summed E-state index contributed by atoms with van der Waals surface area (Å²) in [6.45, 7) is 0. The lowest BCUT2D eigenvalue weighted by Gasteiger charge is -2.21. The highest BCUT2D eigenvalue weighted by Gasteiger charge is 2.25. The molecule has 0 N–H and O–H groups in total. The Labute approximate surface area is 426 Å². The molecule has 5 heteroatoms. The first-order chi connectivity index (χ1) is 36.7. The molecule has 0 amide bonds. The molecule has 0 bridgehead atoms. The lowest BCUT2D eigenvalue weighted by atomic mass is 9.91. The van der Waals surface area contributed by atoms with Gasteiger partial charge in [-0.25, -0.2) is 15.0 Å². The molecule has 0 saturated heterocycles. The molecule has 12 aromatic carbocycles. The molecular weight excluding hydrogens is 899 g/mol. The SMILES string of the molecule is c1ccc(-c2nc(-c3cc(-c4ccccc4)c(-n4c5cc6ccccc6cc5c5c6ccccc6ccc54)c(-c4ccc5ccccc5c4)c3)nc(-c3cccc4c3c3ccccc3n4-c3ccccc3)n2)cc1. The quantitative estimate of drug-likeness (QED) is 0.160. The maximum absolute atomic E-state index is 5.58. The Morgan fingerprint density at radius 1 is 0.243 bits per heavy atom. The minimum atomic E-state index is 0.586. The van der Waals surface area contributed by atoms with Crippen LogP contribution in [0.3, 0.4) is 0 Å². The number of hydrogen-bond donors (Lipinski definition) is 0. The average molecular weight is 942 g/mol. The first kappa shape index (κ1) is 41.8. The standard InChI is InChI=1S/C69H43N5/c1-4-20-45(21-5-1)57-41-52(68-70-67(47-23-6-2-7-24-47)71-69(72-68)56-32-18-34-61-65(56)55-31-16-17-33-60(55)73(61)53-28-8-3-9-29-53)42-58(51-36-35-44-19-10-11-25-48(44)39-51)66(57)74-62-38-37-46-22-14-15-30-54(46)64(62)59-40-49-26-12-13-27-50(49)43-63(59)74/h1-43H. The van der Waals surface area contributed by atoms with Gasteiger partial charge in [0.15, 0.2) is 17.5 Å². The number of para-hydroxylation sites is 2. The fourth-order valence-corrected chi connectivity index (χ4v) is 11.5. The van der Waals surface area contributed by atoms with Crippen LogP contribution in [0.4, 0.5) is 0 Å². The zero-order chi connectivity index (χ0) is 48.7. The molecule has 0 aliphatic heterocycles. The summed E-state index contributed by atoms with van der Waals surface area (Å²) in [5, 5.41) is 11.8. The summed E-state index contributed by atoms with van der Waals surface area (Å²) in [6.07, 6.45) is 0. The van der Waals surface area contributed by atoms with Gasteiger partial charge in [-0.2, -0.15) is 0 Å². The van der Waals surface area contributed by atoms with Crippen molar-refractivity contribution in [2.24, 2.45) is 0 Å². The molecule has 0 spiro atoms. The van der Waals surface area contributed by atoms with Gasteiger partial charge in [-0.1, -0.05) is 200 Å². The molecule has 344 valence electrons. The summed E-state index contributed by atoms with van der Waals surface area (Å²) in [7, 11) is 0. The van der Waals surface area contributed by atoms with Gasteiger partial charge >= 0.3 is 0 Å². The van der Waals surface area contributed by atoms with E-state index >= 15 is 0 Å². The van der Waals surface area contributed by atoms with E-state index in [0.29, 0.717) is 17.5 Å². The van der Waals surface area contributed by atoms with Gasteiger partial charge < -0.3 is 9.13 Å². The molecular formula is C69H43N5. The molecule has 0 unspecified atom stereocenters. The van der Waals surface area contributed by atoms with Crippen molar-refractivity contribution >= 4 is 75.9 Å². The van der Waals surface area contributed by atoms with Crippen molar-refractivity contribution in [3.05, 3.63) is 261 Å². The van der Waals surface area contributed by atoms with E-state index in [9.17, 15) is 0 Å². The molecule has 15 aromatic rings. The summed E-state index contributed by atoms with van der Waals surface area (Å²) in [4.78, 5) is 16.4. The van der Waals surface area contributed by atoms with Gasteiger partial charge in [-0.3, -0.25) is 0 Å². The number of nitrogens with zero attached hydrogens (tertiary/aromatic N) is 5. The predicted molar refractivity (Wildman–Crippen MR) is 308 cm³/mol. The molecule has 74 heavy (non-hydrogen) atoms. The summed E-state index contributed by atoms with van der Waals surface area (Å²) in [5.74, 6) is 1.80. The second-order valence-corrected chi connectivity index (χ2v) is 19.1. The topological polar surface area (TPSA) is 48.5 Å². The van der Waals surface area contributed by atoms with E-state index in [-0.39, 0.29) is 0 Å². The van der Waals surface area contributed by atoms with Crippen LogP contribution in [-0.4, -0.2) is 24.1 Å². The molecule has 3 aromatic heterocycles. The summed E-state index contributed by atoms with van der Waals surface area (Å²) < 4.78 is 4.87. The Balaban J connectivity index is 1.07. The van der Waals surface area contributed by atoms with Crippen LogP contribution in [0.5, 0.6) is 0 Å². The van der Waals surface area contributed by atoms with E-state index in [2.05, 4.69) is 252 Å². The highest BCUT2D eigenvalue weighted by atomic mass is 15.0. The third-order valence-electron chi connectivity index (χ3n) is 14.9. The van der Waals surface area contributed by atoms with Crippen molar-refractivity contribution in [1.82, 2.24) is 24.1 Å². The van der Waals surface area contributed by atoms with Gasteiger partial charge in [0.05, 0.1) is 27.8 Å². The lowest BCUT2D eigenvalue weighted by molar-refractivity contribution is 1.07. The van der Waals surface area contributed by atoms with Gasteiger partial charge in [-0.15, -0.1) is 0 Å². The van der Waals surface area contributed by atoms with Crippen molar-refractivity contribution in [2.45, 2.75) is 0 Å². The zero-order valence-corrected chi connectivity index (χ0v) is 40.1. The van der Waals surface area contributed by atoms with Crippen LogP contribution in [-0.2, 0) is 0 Å². The normalized spacial score (nSPS) is 11.8. The van der Waals surface area contributed by atoms with Crippen LogP contribution >= 0.6 is 0 Å². The smallest absolute Gasteiger partial charge is 0.164 e. The van der Waals surface area contributed by atoms with Crippen LogP contribution in [0.2, 0.25) is 0 Å². The summed E-state index contributed by atoms with van der Waals surface area (Å²) >= 11 is 0. The first-order valence-electron chi connectivity index (χ1n) is 25.2. The van der Waals surface area contributed by atoms with E-state index < -0.39 is 0 Å². The minimum Gasteiger partial charge on any atom is -0.309 e. The fourth-order valence-electron chi connectivity index (χ4n) is 11.5. The van der Waals surface area contributed by atoms with Crippen LogP contribution in [0.15, 0.2) is 261 Å². The summed E-state index contributed by atoms with van der Waals surface area (Å²) in [5.41, 5.74) is 13.7. The fraction of sp³-hybridized carbons (Fsp3) is 0. The molecule has 0 fully saturated rings. The molecule has 3 heterocycles. The minimum absolute atomic E-state index is 0.586. The van der Waals surface area contributed by atoms with Gasteiger partial charge in [0, 0.05) is 55.0 Å². The third kappa shape index (κ3) is 6.68. The van der Waals surface area contributed by atoms with E-state index in [1.54, 1.807) is 0 Å². The Hall–Kier alpha value is -9.97. The highest BCUT2D eigenvalue weighted by molar-refractivity contribution is 6.24. The van der Waals surface area contributed by atoms with Crippen molar-refractivity contribution in [3.63, 3.8) is 0 Å². The van der Waals surface area contributed by atoms with Crippen LogP contribution < -0.4 is 0 Å². The van der Waals surface area contributed by atoms with E-state index in [1.165, 1.54) is 43.1 Å². The monoisotopic (exact) mass is 941 g/mol. The van der Waals surface area contributed by atoms with Crippen molar-refractivity contribution in [1.29, 1.82) is 0 Å². The molecule has 0 saturated carbocycles. The molecule has 0 atom stereocenters. The van der Waals surface area contributed by atoms with Crippen LogP contribution in [0.1, 0.15) is 0 Å². The number of hydrogen-bond acceptors (Lipinski definition) is 3. The van der Waals surface area contributed by atoms with Crippen molar-refractivity contribution in [2.75, 3.05) is 0 Å². The summed E-state index contributed by atoms with van der Waals surface area (Å²) in [6, 6.07) is 93.8. The first-order valence-corrected chi connectivity index (χ1v) is 25.2. The third-order valence-corrected chi connectivity index (χ3v) is 14.9. The molecule has 0 aliphatic rings. The number of fused-ring (bicyclic) bond motifs is 10. The number of benzene rings is 12. The second kappa shape index (κ2) is 16.8. The maximum atomic E-state index is 5.58. The molecule has 0 aliphatic carbocycles. The Morgan fingerprint density at radius 3 is 1.54 bits per heavy atom. The Bertz CT molecular complexity index is 4710. The number of rotatable bonds is 7. The molecule has 15 rings (SSSR count). The Morgan fingerprint density at radius 2 is 0.784 bits per heavy atom. The Kier molecular flexibility index (Phi) is 9.50.